The molecule has 0 spiro atoms. The lowest BCUT2D eigenvalue weighted by molar-refractivity contribution is -0.218. The number of oxime groups is 1. The number of benzene rings is 1. The largest absolute Gasteiger partial charge is 0.485 e. The number of carboxylic acids is 1. The molecule has 0 unspecified atom stereocenters. The highest BCUT2D eigenvalue weighted by Crippen LogP contribution is 2.35. The molecule has 48 heavy (non-hydrogen) atoms. The number of aryl methyl sites for hydroxylation is 1. The van der Waals surface area contributed by atoms with Crippen molar-refractivity contribution < 1.29 is 46.3 Å². The van der Waals surface area contributed by atoms with E-state index in [9.17, 15) is 27.9 Å². The number of hydrogen-bond acceptors (Lipinski definition) is 15. The molecule has 2 aromatic rings. The SMILES string of the molecule is CC1(C)[C@H](NC(=O)/C(=N\O[C@](C)(C(=O)O)[C@H]2CCc3cc(C4=NCC[C@H](CCN)N4)ccc3O2)c2csc(N)n2)C(=O)N1OS(=O)(=O)O. The number of nitrogens with two attached hydrogens (primary N) is 2. The number of nitrogens with zero attached hydrogens (tertiary/aromatic N) is 4. The van der Waals surface area contributed by atoms with Crippen molar-refractivity contribution in [3.05, 3.63) is 40.4 Å². The number of ether oxygens (including phenoxy) is 1. The van der Waals surface area contributed by atoms with Crippen molar-refractivity contribution in [2.75, 3.05) is 18.8 Å². The lowest BCUT2D eigenvalue weighted by Crippen LogP contribution is -2.76. The van der Waals surface area contributed by atoms with Crippen LogP contribution in [0.25, 0.3) is 0 Å². The summed E-state index contributed by atoms with van der Waals surface area (Å²) in [5.74, 6) is -2.21. The zero-order valence-corrected chi connectivity index (χ0v) is 27.8. The van der Waals surface area contributed by atoms with Gasteiger partial charge in [-0.15, -0.1) is 15.6 Å². The van der Waals surface area contributed by atoms with Crippen LogP contribution in [0.4, 0.5) is 5.13 Å². The van der Waals surface area contributed by atoms with Crippen LogP contribution in [-0.2, 0) is 40.3 Å². The smallest absolute Gasteiger partial charge is 0.418 e. The monoisotopic (exact) mass is 708 g/mol. The summed E-state index contributed by atoms with van der Waals surface area (Å²) >= 11 is 0.971. The van der Waals surface area contributed by atoms with Gasteiger partial charge in [0, 0.05) is 23.5 Å². The van der Waals surface area contributed by atoms with Gasteiger partial charge < -0.3 is 36.8 Å². The number of aliphatic imine (C=N–C) groups is 1. The fraction of sp³-hybridized carbons (Fsp3) is 0.500. The Balaban J connectivity index is 1.35. The predicted octanol–water partition coefficient (Wildman–Crippen LogP) is -0.0196. The number of rotatable bonds is 12. The number of aliphatic carboxylic acids is 1. The predicted molar refractivity (Wildman–Crippen MR) is 171 cm³/mol. The van der Waals surface area contributed by atoms with Gasteiger partial charge in [-0.25, -0.2) is 9.78 Å². The first kappa shape index (κ1) is 35.0. The maximum atomic E-state index is 13.5. The third kappa shape index (κ3) is 7.06. The fourth-order valence-corrected chi connectivity index (χ4v) is 6.56. The molecule has 4 atom stereocenters. The Morgan fingerprint density at radius 2 is 2.08 bits per heavy atom. The van der Waals surface area contributed by atoms with Crippen LogP contribution in [-0.4, -0.2) is 99.9 Å². The van der Waals surface area contributed by atoms with Gasteiger partial charge in [-0.05, 0) is 76.8 Å². The molecule has 4 heterocycles. The molecule has 8 N–H and O–H groups in total. The van der Waals surface area contributed by atoms with E-state index in [0.29, 0.717) is 30.3 Å². The highest BCUT2D eigenvalue weighted by molar-refractivity contribution is 7.80. The van der Waals surface area contributed by atoms with E-state index in [0.717, 1.165) is 41.1 Å². The van der Waals surface area contributed by atoms with Crippen molar-refractivity contribution in [3.63, 3.8) is 0 Å². The topological polar surface area (TPSA) is 270 Å². The molecule has 0 bridgehead atoms. The summed E-state index contributed by atoms with van der Waals surface area (Å²) in [5, 5.41) is 21.9. The average Bonchev–Trinajstić information content (AvgIpc) is 3.47. The number of carbonyl (C=O) groups is 3. The standard InChI is InChI=1S/C28H36N8O10S2/c1-27(2)21(24(38)36(27)46-48(41,42)43)34-23(37)20(17-13-47-26(30)33-17)35-45-28(3,25(39)40)19-7-5-14-12-15(4-6-18(14)44-19)22-31-11-9-16(32-22)8-10-29/h4,6,12-13,16,19,21H,5,7-11,29H2,1-3H3,(H2,30,33)(H,31,32)(H,34,37)(H,39,40)(H,41,42,43)/b35-20-/t16-,19+,21+,28-/m0/s1. The summed E-state index contributed by atoms with van der Waals surface area (Å²) in [6.07, 6.45) is 1.35. The fourth-order valence-electron chi connectivity index (χ4n) is 5.56. The summed E-state index contributed by atoms with van der Waals surface area (Å²) in [6.45, 7) is 5.25. The Morgan fingerprint density at radius 1 is 1.33 bits per heavy atom. The second kappa shape index (κ2) is 13.3. The zero-order valence-electron chi connectivity index (χ0n) is 26.2. The van der Waals surface area contributed by atoms with E-state index >= 15 is 0 Å². The minimum atomic E-state index is -5.02. The number of β-lactam (4-membered cyclic amide) rings is 1. The van der Waals surface area contributed by atoms with Crippen LogP contribution in [0, 0.1) is 0 Å². The number of carbonyl (C=O) groups excluding carboxylic acids is 2. The van der Waals surface area contributed by atoms with Gasteiger partial charge in [-0.3, -0.25) is 19.1 Å². The molecule has 260 valence electrons. The zero-order chi connectivity index (χ0) is 35.0. The van der Waals surface area contributed by atoms with Crippen molar-refractivity contribution in [2.45, 2.75) is 75.8 Å². The number of amides is 2. The molecular weight excluding hydrogens is 672 g/mol. The molecule has 1 saturated heterocycles. The van der Waals surface area contributed by atoms with Gasteiger partial charge in [0.2, 0.25) is 0 Å². The van der Waals surface area contributed by atoms with E-state index in [2.05, 4.69) is 30.0 Å². The number of amidine groups is 1. The third-order valence-corrected chi connectivity index (χ3v) is 9.36. The van der Waals surface area contributed by atoms with Gasteiger partial charge >= 0.3 is 16.4 Å². The Bertz CT molecular complexity index is 1780. The van der Waals surface area contributed by atoms with Gasteiger partial charge in [0.1, 0.15) is 23.3 Å². The first-order chi connectivity index (χ1) is 22.5. The minimum Gasteiger partial charge on any atom is -0.485 e. The Kier molecular flexibility index (Phi) is 9.66. The van der Waals surface area contributed by atoms with E-state index in [-0.39, 0.29) is 23.3 Å². The first-order valence-corrected chi connectivity index (χ1v) is 17.1. The average molecular weight is 709 g/mol. The first-order valence-electron chi connectivity index (χ1n) is 14.9. The number of anilines is 1. The lowest BCUT2D eigenvalue weighted by atomic mass is 9.84. The molecule has 3 aliphatic heterocycles. The number of nitrogens with one attached hydrogen (secondary N) is 2. The molecule has 18 nitrogen and oxygen atoms in total. The quantitative estimate of drug-likeness (QED) is 0.0732. The van der Waals surface area contributed by atoms with Crippen molar-refractivity contribution in [1.82, 2.24) is 20.7 Å². The number of thiazole rings is 1. The maximum Gasteiger partial charge on any atom is 0.418 e. The molecular formula is C28H36N8O10S2. The number of nitrogen functional groups attached to an aromatic ring is 1. The summed E-state index contributed by atoms with van der Waals surface area (Å²) in [6, 6.07) is 4.41. The molecule has 0 aliphatic carbocycles. The summed E-state index contributed by atoms with van der Waals surface area (Å²) < 4.78 is 41.8. The molecule has 1 aromatic carbocycles. The number of carboxylic acid groups (broad SMARTS) is 1. The van der Waals surface area contributed by atoms with Crippen molar-refractivity contribution >= 4 is 56.2 Å². The van der Waals surface area contributed by atoms with E-state index in [1.807, 2.05) is 12.1 Å². The van der Waals surface area contributed by atoms with Crippen molar-refractivity contribution in [1.29, 1.82) is 0 Å². The van der Waals surface area contributed by atoms with Gasteiger partial charge in [-0.2, -0.15) is 13.5 Å². The number of fused-ring (bicyclic) bond motifs is 1. The number of aromatic nitrogens is 1. The highest BCUT2D eigenvalue weighted by atomic mass is 32.3. The summed E-state index contributed by atoms with van der Waals surface area (Å²) in [7, 11) is -5.02. The third-order valence-electron chi connectivity index (χ3n) is 8.35. The van der Waals surface area contributed by atoms with Crippen LogP contribution in [0.2, 0.25) is 0 Å². The minimum absolute atomic E-state index is 0.0650. The van der Waals surface area contributed by atoms with Crippen LogP contribution >= 0.6 is 11.3 Å². The second-order valence-electron chi connectivity index (χ2n) is 12.1. The van der Waals surface area contributed by atoms with E-state index in [1.165, 1.54) is 26.2 Å². The maximum absolute atomic E-state index is 13.5. The van der Waals surface area contributed by atoms with Gasteiger partial charge in [0.25, 0.3) is 17.4 Å². The van der Waals surface area contributed by atoms with Crippen molar-refractivity contribution in [3.8, 4) is 5.75 Å². The lowest BCUT2D eigenvalue weighted by Gasteiger charge is -2.50. The normalized spacial score (nSPS) is 23.4. The van der Waals surface area contributed by atoms with Crippen LogP contribution in [0.3, 0.4) is 0 Å². The van der Waals surface area contributed by atoms with Gasteiger partial charge in [0.15, 0.2) is 16.9 Å². The molecule has 0 radical (unpaired) electrons. The molecule has 5 rings (SSSR count). The second-order valence-corrected chi connectivity index (χ2v) is 14.0. The molecule has 3 aliphatic rings. The van der Waals surface area contributed by atoms with E-state index < -0.39 is 57.2 Å². The van der Waals surface area contributed by atoms with E-state index in [1.54, 1.807) is 6.07 Å². The van der Waals surface area contributed by atoms with Crippen LogP contribution < -0.4 is 26.8 Å². The molecule has 1 fully saturated rings. The van der Waals surface area contributed by atoms with Gasteiger partial charge in [0.05, 0.1) is 5.54 Å². The van der Waals surface area contributed by atoms with Crippen LogP contribution in [0.1, 0.15) is 56.9 Å². The Hall–Kier alpha value is -4.37. The molecule has 20 heteroatoms. The van der Waals surface area contributed by atoms with Gasteiger partial charge in [-0.1, -0.05) is 5.16 Å². The summed E-state index contributed by atoms with van der Waals surface area (Å²) in [5.41, 5.74) is 9.09. The number of hydroxylamine groups is 2. The highest BCUT2D eigenvalue weighted by Gasteiger charge is 2.58. The van der Waals surface area contributed by atoms with Crippen molar-refractivity contribution in [2.24, 2.45) is 15.9 Å². The molecule has 0 saturated carbocycles. The van der Waals surface area contributed by atoms with E-state index in [4.69, 9.17) is 25.6 Å². The Morgan fingerprint density at radius 3 is 2.71 bits per heavy atom. The molecule has 2 amide bonds. The van der Waals surface area contributed by atoms with Crippen LogP contribution in [0.5, 0.6) is 5.75 Å². The van der Waals surface area contributed by atoms with Crippen LogP contribution in [0.15, 0.2) is 33.7 Å². The summed E-state index contributed by atoms with van der Waals surface area (Å²) in [4.78, 5) is 52.9. The number of hydrogen-bond donors (Lipinski definition) is 6. The molecule has 1 aromatic heterocycles. The Labute approximate surface area is 279 Å².